The van der Waals surface area contributed by atoms with Crippen LogP contribution in [0.1, 0.15) is 98.8 Å². The minimum atomic E-state index is -1.12. The number of ether oxygens (including phenoxy) is 1. The molecule has 6 heteroatoms. The molecule has 5 unspecified atom stereocenters. The van der Waals surface area contributed by atoms with Gasteiger partial charge in [-0.3, -0.25) is 4.79 Å². The third kappa shape index (κ3) is 4.70. The maximum Gasteiger partial charge on any atom is 0.303 e. The molecule has 0 aliphatic heterocycles. The Morgan fingerprint density at radius 3 is 2.40 bits per heavy atom. The molecule has 0 saturated heterocycles. The van der Waals surface area contributed by atoms with E-state index in [1.165, 1.54) is 26.2 Å². The monoisotopic (exact) mass is 494 g/mol. The fraction of sp³-hybridized carbons (Fsp3) is 0.966. The molecule has 4 saturated carbocycles. The van der Waals surface area contributed by atoms with E-state index in [0.717, 1.165) is 32.1 Å². The molecule has 0 spiro atoms. The van der Waals surface area contributed by atoms with Crippen molar-refractivity contribution < 1.29 is 30.0 Å². The molecule has 0 heterocycles. The summed E-state index contributed by atoms with van der Waals surface area (Å²) in [6.45, 7) is 9.99. The highest BCUT2D eigenvalue weighted by Crippen LogP contribution is 2.66. The molecule has 0 aromatic heterocycles. The van der Waals surface area contributed by atoms with Gasteiger partial charge < -0.3 is 25.2 Å². The van der Waals surface area contributed by atoms with Gasteiger partial charge in [0.1, 0.15) is 5.60 Å². The fourth-order valence-corrected chi connectivity index (χ4v) is 9.45. The van der Waals surface area contributed by atoms with Gasteiger partial charge in [0, 0.05) is 13.3 Å². The first kappa shape index (κ1) is 27.3. The van der Waals surface area contributed by atoms with Crippen LogP contribution in [0.5, 0.6) is 0 Å². The van der Waals surface area contributed by atoms with Crippen LogP contribution in [0.15, 0.2) is 0 Å². The lowest BCUT2D eigenvalue weighted by Crippen LogP contribution is -2.63. The Morgan fingerprint density at radius 1 is 1.06 bits per heavy atom. The van der Waals surface area contributed by atoms with Gasteiger partial charge >= 0.3 is 5.97 Å². The summed E-state index contributed by atoms with van der Waals surface area (Å²) in [6, 6.07) is 0. The summed E-state index contributed by atoms with van der Waals surface area (Å²) in [5.74, 6) is 2.50. The molecule has 0 amide bonds. The Hall–Kier alpha value is -0.690. The predicted octanol–water partition coefficient (Wildman–Crippen LogP) is 4.07. The van der Waals surface area contributed by atoms with Crippen molar-refractivity contribution in [1.82, 2.24) is 0 Å². The van der Waals surface area contributed by atoms with Crippen molar-refractivity contribution in [3.8, 4) is 0 Å². The van der Waals surface area contributed by atoms with E-state index in [1.807, 2.05) is 6.92 Å². The van der Waals surface area contributed by atoms with Gasteiger partial charge in [0.25, 0.3) is 0 Å². The largest absolute Gasteiger partial charge is 0.457 e. The number of carbonyl (C=O) groups excluding carboxylic acids is 1. The number of hydrogen-bond acceptors (Lipinski definition) is 6. The molecule has 4 fully saturated rings. The zero-order valence-corrected chi connectivity index (χ0v) is 22.6. The first-order valence-electron chi connectivity index (χ1n) is 14.2. The number of hydrogen-bond donors (Lipinski definition) is 4. The third-order valence-electron chi connectivity index (χ3n) is 11.6. The summed E-state index contributed by atoms with van der Waals surface area (Å²) in [5, 5.41) is 42.6. The second-order valence-corrected chi connectivity index (χ2v) is 13.5. The van der Waals surface area contributed by atoms with Gasteiger partial charge in [-0.2, -0.15) is 0 Å². The standard InChI is InChI=1S/C29H50O6/c1-17(6-7-18(2)28(5,16-30)35-19(3)31)23-10-11-24-22-14-26(33)29(34)15-20(32)8-9-25(29)21(22)12-13-27(23,24)4/h17-18,20-26,30,32-34H,6-16H2,1-5H3/t17-,18+,20+,21?,22?,23-,24?,25?,26-,27-,28?,29-/m1/s1. The highest BCUT2D eigenvalue weighted by Gasteiger charge is 2.62. The van der Waals surface area contributed by atoms with Crippen LogP contribution < -0.4 is 0 Å². The summed E-state index contributed by atoms with van der Waals surface area (Å²) < 4.78 is 5.49. The molecule has 0 radical (unpaired) electrons. The van der Waals surface area contributed by atoms with Crippen molar-refractivity contribution in [2.45, 2.75) is 122 Å². The summed E-state index contributed by atoms with van der Waals surface area (Å²) in [6.07, 6.45) is 7.97. The molecule has 202 valence electrons. The summed E-state index contributed by atoms with van der Waals surface area (Å²) in [4.78, 5) is 11.6. The third-order valence-corrected chi connectivity index (χ3v) is 11.6. The van der Waals surface area contributed by atoms with Crippen molar-refractivity contribution in [3.63, 3.8) is 0 Å². The summed E-state index contributed by atoms with van der Waals surface area (Å²) >= 11 is 0. The smallest absolute Gasteiger partial charge is 0.303 e. The van der Waals surface area contributed by atoms with E-state index in [2.05, 4.69) is 20.8 Å². The highest BCUT2D eigenvalue weighted by atomic mass is 16.6. The minimum Gasteiger partial charge on any atom is -0.457 e. The van der Waals surface area contributed by atoms with Crippen molar-refractivity contribution in [2.24, 2.45) is 46.8 Å². The molecule has 35 heavy (non-hydrogen) atoms. The van der Waals surface area contributed by atoms with E-state index in [-0.39, 0.29) is 29.8 Å². The molecule has 4 aliphatic carbocycles. The topological polar surface area (TPSA) is 107 Å². The molecule has 0 aromatic rings. The quantitative estimate of drug-likeness (QED) is 0.398. The number of aliphatic hydroxyl groups is 4. The van der Waals surface area contributed by atoms with E-state index in [9.17, 15) is 25.2 Å². The van der Waals surface area contributed by atoms with Crippen molar-refractivity contribution in [3.05, 3.63) is 0 Å². The zero-order valence-electron chi connectivity index (χ0n) is 22.6. The second kappa shape index (κ2) is 9.89. The predicted molar refractivity (Wildman–Crippen MR) is 134 cm³/mol. The first-order chi connectivity index (χ1) is 16.4. The van der Waals surface area contributed by atoms with Gasteiger partial charge in [0.15, 0.2) is 0 Å². The van der Waals surface area contributed by atoms with Gasteiger partial charge in [0.05, 0.1) is 24.4 Å². The molecule has 4 rings (SSSR count). The number of aliphatic hydroxyl groups excluding tert-OH is 3. The van der Waals surface area contributed by atoms with Crippen LogP contribution >= 0.6 is 0 Å². The van der Waals surface area contributed by atoms with Crippen LogP contribution in [-0.4, -0.2) is 56.4 Å². The van der Waals surface area contributed by atoms with E-state index < -0.39 is 23.4 Å². The molecule has 0 bridgehead atoms. The van der Waals surface area contributed by atoms with Gasteiger partial charge in [-0.15, -0.1) is 0 Å². The Labute approximate surface area is 211 Å². The van der Waals surface area contributed by atoms with Crippen LogP contribution in [0, 0.1) is 46.8 Å². The molecule has 6 nitrogen and oxygen atoms in total. The second-order valence-electron chi connectivity index (χ2n) is 13.5. The molecule has 12 atom stereocenters. The van der Waals surface area contributed by atoms with Crippen molar-refractivity contribution in [2.75, 3.05) is 6.61 Å². The van der Waals surface area contributed by atoms with Gasteiger partial charge in [-0.1, -0.05) is 27.2 Å². The average molecular weight is 495 g/mol. The molecule has 4 aliphatic rings. The van der Waals surface area contributed by atoms with E-state index >= 15 is 0 Å². The number of esters is 1. The van der Waals surface area contributed by atoms with Crippen LogP contribution in [0.3, 0.4) is 0 Å². The number of rotatable bonds is 7. The van der Waals surface area contributed by atoms with Crippen LogP contribution in [0.25, 0.3) is 0 Å². The summed E-state index contributed by atoms with van der Waals surface area (Å²) in [7, 11) is 0. The lowest BCUT2D eigenvalue weighted by Gasteiger charge is -2.60. The maximum atomic E-state index is 11.6. The zero-order chi connectivity index (χ0) is 25.8. The van der Waals surface area contributed by atoms with Crippen LogP contribution in [-0.2, 0) is 9.53 Å². The van der Waals surface area contributed by atoms with E-state index in [1.54, 1.807) is 0 Å². The SMILES string of the molecule is CC(=O)OC(C)(CO)[C@@H](C)CC[C@@H](C)[C@H]1CCC2C3C[C@@H](O)[C@@]4(O)C[C@@H](O)CCC4C3CC[C@@]21C. The Kier molecular flexibility index (Phi) is 7.72. The van der Waals surface area contributed by atoms with Crippen molar-refractivity contribution in [1.29, 1.82) is 0 Å². The Bertz CT molecular complexity index is 772. The average Bonchev–Trinajstić information content (AvgIpc) is 3.14. The molecule has 4 N–H and O–H groups in total. The molecular formula is C29H50O6. The molecular weight excluding hydrogens is 444 g/mol. The fourth-order valence-electron chi connectivity index (χ4n) is 9.45. The molecule has 0 aromatic carbocycles. The van der Waals surface area contributed by atoms with E-state index in [4.69, 9.17) is 4.74 Å². The normalized spacial score (nSPS) is 46.5. The Morgan fingerprint density at radius 2 is 1.74 bits per heavy atom. The number of fused-ring (bicyclic) bond motifs is 5. The van der Waals surface area contributed by atoms with Crippen molar-refractivity contribution >= 4 is 5.97 Å². The van der Waals surface area contributed by atoms with Crippen LogP contribution in [0.2, 0.25) is 0 Å². The van der Waals surface area contributed by atoms with Gasteiger partial charge in [-0.25, -0.2) is 0 Å². The lowest BCUT2D eigenvalue weighted by atomic mass is 9.47. The lowest BCUT2D eigenvalue weighted by molar-refractivity contribution is -0.222. The van der Waals surface area contributed by atoms with Crippen LogP contribution in [0.4, 0.5) is 0 Å². The number of carbonyl (C=O) groups is 1. The minimum absolute atomic E-state index is 0.0763. The maximum absolute atomic E-state index is 11.6. The Balaban J connectivity index is 1.43. The van der Waals surface area contributed by atoms with Gasteiger partial charge in [-0.05, 0) is 105 Å². The highest BCUT2D eigenvalue weighted by molar-refractivity contribution is 5.66. The van der Waals surface area contributed by atoms with Gasteiger partial charge in [0.2, 0.25) is 0 Å². The first-order valence-corrected chi connectivity index (χ1v) is 14.2. The van der Waals surface area contributed by atoms with E-state index in [0.29, 0.717) is 42.4 Å². The summed E-state index contributed by atoms with van der Waals surface area (Å²) in [5.41, 5.74) is -1.70.